The third-order valence-corrected chi connectivity index (χ3v) is 9.27. The molecule has 2 aliphatic heterocycles. The Morgan fingerprint density at radius 2 is 1.37 bits per heavy atom. The van der Waals surface area contributed by atoms with Crippen molar-refractivity contribution in [3.05, 3.63) is 57.8 Å². The molecule has 38 heavy (non-hydrogen) atoms. The van der Waals surface area contributed by atoms with Crippen LogP contribution in [-0.2, 0) is 16.0 Å². The lowest BCUT2D eigenvalue weighted by Gasteiger charge is -2.38. The van der Waals surface area contributed by atoms with E-state index in [4.69, 9.17) is 0 Å². The Labute approximate surface area is 234 Å². The lowest BCUT2D eigenvalue weighted by atomic mass is 9.93. The minimum atomic E-state index is 0.221. The molecule has 208 valence electrons. The maximum Gasteiger partial charge on any atom is 0.223 e. The molecule has 2 aliphatic rings. The molecule has 0 aliphatic carbocycles. The molecule has 0 radical (unpaired) electrons. The van der Waals surface area contributed by atoms with Crippen LogP contribution in [0.15, 0.2) is 41.8 Å². The zero-order valence-corrected chi connectivity index (χ0v) is 24.2. The third kappa shape index (κ3) is 8.16. The van der Waals surface area contributed by atoms with E-state index in [1.807, 2.05) is 21.1 Å². The van der Waals surface area contributed by atoms with Gasteiger partial charge in [0.05, 0.1) is 6.04 Å². The Morgan fingerprint density at radius 3 is 2.03 bits per heavy atom. The highest BCUT2D eigenvalue weighted by Crippen LogP contribution is 2.37. The fourth-order valence-corrected chi connectivity index (χ4v) is 6.89. The molecule has 2 aromatic rings. The van der Waals surface area contributed by atoms with Crippen molar-refractivity contribution in [2.45, 2.75) is 90.0 Å². The lowest BCUT2D eigenvalue weighted by molar-refractivity contribution is -0.139. The van der Waals surface area contributed by atoms with E-state index in [1.54, 1.807) is 0 Å². The Hall–Kier alpha value is -2.18. The number of hydrogen-bond donors (Lipinski definition) is 0. The molecule has 0 spiro atoms. The summed E-state index contributed by atoms with van der Waals surface area (Å²) in [5.41, 5.74) is 2.71. The molecular weight excluding hydrogens is 490 g/mol. The van der Waals surface area contributed by atoms with Crippen LogP contribution in [0.3, 0.4) is 0 Å². The summed E-state index contributed by atoms with van der Waals surface area (Å²) in [7, 11) is 0. The molecule has 4 rings (SSSR count). The molecular formula is C32H47N3O2S. The summed E-state index contributed by atoms with van der Waals surface area (Å²) in [6.07, 6.45) is 13.7. The number of hydrogen-bond acceptors (Lipinski definition) is 4. The van der Waals surface area contributed by atoms with E-state index < -0.39 is 0 Å². The van der Waals surface area contributed by atoms with E-state index in [9.17, 15) is 9.59 Å². The van der Waals surface area contributed by atoms with Crippen molar-refractivity contribution in [2.75, 3.05) is 39.3 Å². The average Bonchev–Trinajstić information content (AvgIpc) is 3.44. The lowest BCUT2D eigenvalue weighted by Crippen LogP contribution is -2.51. The van der Waals surface area contributed by atoms with Crippen LogP contribution in [0.25, 0.3) is 0 Å². The van der Waals surface area contributed by atoms with Crippen LogP contribution in [0.5, 0.6) is 0 Å². The highest BCUT2D eigenvalue weighted by atomic mass is 32.1. The summed E-state index contributed by atoms with van der Waals surface area (Å²) in [5.74, 6) is 0.490. The first-order valence-corrected chi connectivity index (χ1v) is 16.0. The second-order valence-electron chi connectivity index (χ2n) is 11.0. The SMILES string of the molecule is CCCCCCCCCCCC(=O)N1CCN(C(=O)CCN2CCc3sccc3[C@H]2c2ccccc2)CC1. The monoisotopic (exact) mass is 537 g/mol. The first-order chi connectivity index (χ1) is 18.7. The van der Waals surface area contributed by atoms with Gasteiger partial charge in [0.15, 0.2) is 0 Å². The van der Waals surface area contributed by atoms with Gasteiger partial charge in [0, 0.05) is 57.0 Å². The summed E-state index contributed by atoms with van der Waals surface area (Å²) in [6.45, 7) is 6.70. The van der Waals surface area contributed by atoms with E-state index in [1.165, 1.54) is 60.9 Å². The molecule has 0 bridgehead atoms. The second-order valence-corrected chi connectivity index (χ2v) is 12.0. The molecule has 1 aromatic heterocycles. The highest BCUT2D eigenvalue weighted by molar-refractivity contribution is 7.10. The smallest absolute Gasteiger partial charge is 0.223 e. The molecule has 2 amide bonds. The van der Waals surface area contributed by atoms with Crippen LogP contribution in [0.2, 0.25) is 0 Å². The zero-order chi connectivity index (χ0) is 26.6. The number of benzene rings is 1. The van der Waals surface area contributed by atoms with Crippen molar-refractivity contribution in [3.63, 3.8) is 0 Å². The Bertz CT molecular complexity index is 984. The summed E-state index contributed by atoms with van der Waals surface area (Å²) < 4.78 is 0. The van der Waals surface area contributed by atoms with Crippen LogP contribution in [0, 0.1) is 0 Å². The molecule has 0 N–H and O–H groups in total. The van der Waals surface area contributed by atoms with Gasteiger partial charge in [-0.3, -0.25) is 14.5 Å². The molecule has 0 unspecified atom stereocenters. The van der Waals surface area contributed by atoms with Crippen LogP contribution >= 0.6 is 11.3 Å². The molecule has 6 heteroatoms. The van der Waals surface area contributed by atoms with Gasteiger partial charge in [-0.15, -0.1) is 11.3 Å². The number of nitrogens with zero attached hydrogens (tertiary/aromatic N) is 3. The molecule has 1 atom stereocenters. The Morgan fingerprint density at radius 1 is 0.763 bits per heavy atom. The Kier molecular flexibility index (Phi) is 11.7. The predicted molar refractivity (Wildman–Crippen MR) is 158 cm³/mol. The number of unbranched alkanes of at least 4 members (excludes halogenated alkanes) is 8. The van der Waals surface area contributed by atoms with Gasteiger partial charge < -0.3 is 9.80 Å². The number of piperazine rings is 1. The molecule has 3 heterocycles. The second kappa shape index (κ2) is 15.4. The number of carbonyl (C=O) groups excluding carboxylic acids is 2. The predicted octanol–water partition coefficient (Wildman–Crippen LogP) is 6.68. The largest absolute Gasteiger partial charge is 0.339 e. The average molecular weight is 538 g/mol. The van der Waals surface area contributed by atoms with Gasteiger partial charge in [0.25, 0.3) is 0 Å². The van der Waals surface area contributed by atoms with Crippen LogP contribution in [-0.4, -0.2) is 65.8 Å². The van der Waals surface area contributed by atoms with Gasteiger partial charge in [0.2, 0.25) is 11.8 Å². The quantitative estimate of drug-likeness (QED) is 0.253. The van der Waals surface area contributed by atoms with E-state index >= 15 is 0 Å². The van der Waals surface area contributed by atoms with Crippen molar-refractivity contribution >= 4 is 23.2 Å². The molecule has 1 aromatic carbocycles. The molecule has 1 saturated heterocycles. The minimum absolute atomic E-state index is 0.221. The maximum absolute atomic E-state index is 13.1. The minimum Gasteiger partial charge on any atom is -0.339 e. The number of carbonyl (C=O) groups is 2. The van der Waals surface area contributed by atoms with Gasteiger partial charge in [-0.05, 0) is 35.4 Å². The number of thiophene rings is 1. The van der Waals surface area contributed by atoms with E-state index in [0.717, 1.165) is 32.4 Å². The van der Waals surface area contributed by atoms with Gasteiger partial charge in [0.1, 0.15) is 0 Å². The summed E-state index contributed by atoms with van der Waals surface area (Å²) in [5, 5.41) is 2.20. The molecule has 1 fully saturated rings. The summed E-state index contributed by atoms with van der Waals surface area (Å²) in [6, 6.07) is 13.2. The fraction of sp³-hybridized carbons (Fsp3) is 0.625. The third-order valence-electron chi connectivity index (χ3n) is 8.27. The zero-order valence-electron chi connectivity index (χ0n) is 23.4. The summed E-state index contributed by atoms with van der Waals surface area (Å²) in [4.78, 5) is 33.7. The number of rotatable bonds is 14. The fourth-order valence-electron chi connectivity index (χ4n) is 5.98. The van der Waals surface area contributed by atoms with Crippen LogP contribution < -0.4 is 0 Å². The highest BCUT2D eigenvalue weighted by Gasteiger charge is 2.30. The van der Waals surface area contributed by atoms with Gasteiger partial charge >= 0.3 is 0 Å². The molecule has 0 saturated carbocycles. The van der Waals surface area contributed by atoms with Gasteiger partial charge in [-0.25, -0.2) is 0 Å². The van der Waals surface area contributed by atoms with Crippen LogP contribution in [0.1, 0.15) is 99.6 Å². The van der Waals surface area contributed by atoms with Crippen molar-refractivity contribution in [3.8, 4) is 0 Å². The first kappa shape index (κ1) is 28.8. The maximum atomic E-state index is 13.1. The van der Waals surface area contributed by atoms with Crippen molar-refractivity contribution < 1.29 is 9.59 Å². The topological polar surface area (TPSA) is 43.9 Å². The number of amides is 2. The standard InChI is InChI=1S/C32H47N3O2S/c1-2-3-4-5-6-7-8-9-13-16-30(36)33-22-24-34(25-23-33)31(37)18-21-35-20-17-29-28(19-26-38-29)32(35)27-14-11-10-12-15-27/h10-12,14-15,19,26,32H,2-9,13,16-18,20-25H2,1H3/t32-/m1/s1. The van der Waals surface area contributed by atoms with Gasteiger partial charge in [-0.1, -0.05) is 88.6 Å². The summed E-state index contributed by atoms with van der Waals surface area (Å²) >= 11 is 1.85. The normalized spacial score (nSPS) is 18.0. The molecule has 5 nitrogen and oxygen atoms in total. The van der Waals surface area contributed by atoms with Crippen molar-refractivity contribution in [1.82, 2.24) is 14.7 Å². The van der Waals surface area contributed by atoms with Crippen molar-refractivity contribution in [2.24, 2.45) is 0 Å². The van der Waals surface area contributed by atoms with Crippen molar-refractivity contribution in [1.29, 1.82) is 0 Å². The first-order valence-electron chi connectivity index (χ1n) is 15.1. The van der Waals surface area contributed by atoms with Crippen LogP contribution in [0.4, 0.5) is 0 Å². The van der Waals surface area contributed by atoms with Gasteiger partial charge in [-0.2, -0.15) is 0 Å². The Balaban J connectivity index is 1.15. The number of fused-ring (bicyclic) bond motifs is 1. The van der Waals surface area contributed by atoms with E-state index in [2.05, 4.69) is 53.6 Å². The van der Waals surface area contributed by atoms with E-state index in [0.29, 0.717) is 39.0 Å². The van der Waals surface area contributed by atoms with E-state index in [-0.39, 0.29) is 17.9 Å².